The Morgan fingerprint density at radius 2 is 1.89 bits per heavy atom. The largest absolute Gasteiger partial charge is 0.478 e. The number of ether oxygens (including phenoxy) is 1. The highest BCUT2D eigenvalue weighted by Crippen LogP contribution is 2.32. The lowest BCUT2D eigenvalue weighted by molar-refractivity contribution is -0.137. The minimum atomic E-state index is -4.40. The highest BCUT2D eigenvalue weighted by atomic mass is 19.4. The van der Waals surface area contributed by atoms with E-state index in [1.54, 1.807) is 0 Å². The van der Waals surface area contributed by atoms with Crippen molar-refractivity contribution in [3.05, 3.63) is 35.9 Å². The molecule has 2 aromatic rings. The van der Waals surface area contributed by atoms with Gasteiger partial charge in [-0.1, -0.05) is 12.1 Å². The van der Waals surface area contributed by atoms with Crippen molar-refractivity contribution in [1.29, 1.82) is 0 Å². The van der Waals surface area contributed by atoms with Gasteiger partial charge in [0.25, 0.3) is 5.88 Å². The number of hydrogen-bond acceptors (Lipinski definition) is 4. The maximum absolute atomic E-state index is 12.6. The van der Waals surface area contributed by atoms with Crippen molar-refractivity contribution in [3.63, 3.8) is 0 Å². The Hall–Kier alpha value is -2.31. The molecule has 19 heavy (non-hydrogen) atoms. The monoisotopic (exact) mass is 269 g/mol. The van der Waals surface area contributed by atoms with E-state index >= 15 is 0 Å². The fourth-order valence-corrected chi connectivity index (χ4v) is 1.55. The molecule has 1 aromatic carbocycles. The summed E-state index contributed by atoms with van der Waals surface area (Å²) < 4.78 is 42.6. The maximum Gasteiger partial charge on any atom is 0.416 e. The third-order valence-corrected chi connectivity index (χ3v) is 2.47. The van der Waals surface area contributed by atoms with Crippen molar-refractivity contribution in [2.45, 2.75) is 6.18 Å². The van der Waals surface area contributed by atoms with E-state index in [0.717, 1.165) is 12.1 Å². The Kier molecular flexibility index (Phi) is 3.28. The molecule has 0 aliphatic rings. The van der Waals surface area contributed by atoms with E-state index in [2.05, 4.69) is 10.2 Å². The first-order valence-corrected chi connectivity index (χ1v) is 5.26. The molecule has 7 heteroatoms. The number of alkyl halides is 3. The molecule has 0 atom stereocenters. The standard InChI is InChI=1S/C12H10F3N3O/c1-19-11-9(16)6-10(17-18-11)7-3-2-4-8(5-7)12(13,14)15/h2-6H,1H3,(H2,16,17). The number of anilines is 1. The molecule has 0 unspecified atom stereocenters. The zero-order valence-electron chi connectivity index (χ0n) is 9.90. The number of rotatable bonds is 2. The lowest BCUT2D eigenvalue weighted by atomic mass is 10.1. The molecule has 0 aliphatic carbocycles. The summed E-state index contributed by atoms with van der Waals surface area (Å²) in [6, 6.07) is 6.21. The lowest BCUT2D eigenvalue weighted by Gasteiger charge is -2.09. The lowest BCUT2D eigenvalue weighted by Crippen LogP contribution is -2.05. The van der Waals surface area contributed by atoms with Crippen LogP contribution in [0.3, 0.4) is 0 Å². The maximum atomic E-state index is 12.6. The van der Waals surface area contributed by atoms with Crippen LogP contribution in [0.4, 0.5) is 18.9 Å². The van der Waals surface area contributed by atoms with E-state index < -0.39 is 11.7 Å². The second-order valence-electron chi connectivity index (χ2n) is 3.77. The van der Waals surface area contributed by atoms with E-state index in [9.17, 15) is 13.2 Å². The van der Waals surface area contributed by atoms with Gasteiger partial charge >= 0.3 is 6.18 Å². The number of methoxy groups -OCH3 is 1. The molecule has 0 amide bonds. The fourth-order valence-electron chi connectivity index (χ4n) is 1.55. The Balaban J connectivity index is 2.45. The van der Waals surface area contributed by atoms with Gasteiger partial charge in [0.15, 0.2) is 0 Å². The number of nitrogens with zero attached hydrogens (tertiary/aromatic N) is 2. The first kappa shape index (κ1) is 13.1. The average Bonchev–Trinajstić information content (AvgIpc) is 2.38. The smallest absolute Gasteiger partial charge is 0.416 e. The summed E-state index contributed by atoms with van der Waals surface area (Å²) in [6.07, 6.45) is -4.40. The van der Waals surface area contributed by atoms with Gasteiger partial charge in [0.2, 0.25) is 0 Å². The van der Waals surface area contributed by atoms with Gasteiger partial charge in [0, 0.05) is 5.56 Å². The zero-order valence-corrected chi connectivity index (χ0v) is 9.90. The minimum Gasteiger partial charge on any atom is -0.478 e. The van der Waals surface area contributed by atoms with Gasteiger partial charge in [-0.15, -0.1) is 10.2 Å². The molecular formula is C12H10F3N3O. The van der Waals surface area contributed by atoms with Gasteiger partial charge < -0.3 is 10.5 Å². The van der Waals surface area contributed by atoms with Crippen molar-refractivity contribution >= 4 is 5.69 Å². The Morgan fingerprint density at radius 1 is 1.16 bits per heavy atom. The van der Waals surface area contributed by atoms with E-state index in [-0.39, 0.29) is 22.8 Å². The van der Waals surface area contributed by atoms with Crippen molar-refractivity contribution in [1.82, 2.24) is 10.2 Å². The number of benzene rings is 1. The van der Waals surface area contributed by atoms with Crippen LogP contribution in [-0.4, -0.2) is 17.3 Å². The molecule has 0 spiro atoms. The average molecular weight is 269 g/mol. The van der Waals surface area contributed by atoms with E-state index in [4.69, 9.17) is 10.5 Å². The number of aromatic nitrogens is 2. The number of hydrogen-bond donors (Lipinski definition) is 1. The molecule has 2 rings (SSSR count). The summed E-state index contributed by atoms with van der Waals surface area (Å²) >= 11 is 0. The first-order valence-electron chi connectivity index (χ1n) is 5.26. The van der Waals surface area contributed by atoms with Crippen molar-refractivity contribution in [2.75, 3.05) is 12.8 Å². The van der Waals surface area contributed by atoms with Crippen molar-refractivity contribution < 1.29 is 17.9 Å². The van der Waals surface area contributed by atoms with Crippen LogP contribution >= 0.6 is 0 Å². The summed E-state index contributed by atoms with van der Waals surface area (Å²) in [4.78, 5) is 0. The van der Waals surface area contributed by atoms with Crippen LogP contribution in [-0.2, 0) is 6.18 Å². The normalized spacial score (nSPS) is 11.4. The molecule has 2 N–H and O–H groups in total. The van der Waals surface area contributed by atoms with Gasteiger partial charge in [-0.3, -0.25) is 0 Å². The van der Waals surface area contributed by atoms with Crippen LogP contribution in [0.2, 0.25) is 0 Å². The number of halogens is 3. The molecule has 0 radical (unpaired) electrons. The summed E-state index contributed by atoms with van der Waals surface area (Å²) in [6.45, 7) is 0. The minimum absolute atomic E-state index is 0.135. The van der Waals surface area contributed by atoms with Crippen LogP contribution in [0.25, 0.3) is 11.3 Å². The third-order valence-electron chi connectivity index (χ3n) is 2.47. The number of nitrogens with two attached hydrogens (primary N) is 1. The predicted octanol–water partition coefficient (Wildman–Crippen LogP) is 2.75. The zero-order chi connectivity index (χ0) is 14.0. The van der Waals surface area contributed by atoms with Crippen LogP contribution in [0.15, 0.2) is 30.3 Å². The molecule has 1 aromatic heterocycles. The number of nitrogen functional groups attached to an aromatic ring is 1. The highest BCUT2D eigenvalue weighted by molar-refractivity contribution is 5.65. The predicted molar refractivity (Wildman–Crippen MR) is 63.4 cm³/mol. The Bertz CT molecular complexity index is 599. The molecule has 0 bridgehead atoms. The van der Waals surface area contributed by atoms with Crippen molar-refractivity contribution in [3.8, 4) is 17.1 Å². The Labute approximate surface area is 107 Å². The molecular weight excluding hydrogens is 259 g/mol. The highest BCUT2D eigenvalue weighted by Gasteiger charge is 2.30. The second kappa shape index (κ2) is 4.75. The van der Waals surface area contributed by atoms with E-state index in [1.807, 2.05) is 0 Å². The third kappa shape index (κ3) is 2.75. The van der Waals surface area contributed by atoms with Gasteiger partial charge in [-0.2, -0.15) is 13.2 Å². The molecule has 1 heterocycles. The van der Waals surface area contributed by atoms with Gasteiger partial charge in [0.05, 0.1) is 24.1 Å². The van der Waals surface area contributed by atoms with Gasteiger partial charge in [-0.25, -0.2) is 0 Å². The summed E-state index contributed by atoms with van der Waals surface area (Å²) in [7, 11) is 1.38. The first-order chi connectivity index (χ1) is 8.91. The summed E-state index contributed by atoms with van der Waals surface area (Å²) in [5.41, 5.74) is 5.65. The fraction of sp³-hybridized carbons (Fsp3) is 0.167. The SMILES string of the molecule is COc1nnc(-c2cccc(C(F)(F)F)c2)cc1N. The van der Waals surface area contributed by atoms with E-state index in [1.165, 1.54) is 25.3 Å². The second-order valence-corrected chi connectivity index (χ2v) is 3.77. The van der Waals surface area contributed by atoms with Crippen LogP contribution < -0.4 is 10.5 Å². The molecule has 0 saturated heterocycles. The summed E-state index contributed by atoms with van der Waals surface area (Å²) in [5.74, 6) is 0.135. The van der Waals surface area contributed by atoms with Crippen LogP contribution in [0.1, 0.15) is 5.56 Å². The quantitative estimate of drug-likeness (QED) is 0.910. The van der Waals surface area contributed by atoms with Gasteiger partial charge in [0.1, 0.15) is 0 Å². The summed E-state index contributed by atoms with van der Waals surface area (Å²) in [5, 5.41) is 7.47. The van der Waals surface area contributed by atoms with E-state index in [0.29, 0.717) is 0 Å². The molecule has 0 fully saturated rings. The van der Waals surface area contributed by atoms with Gasteiger partial charge in [-0.05, 0) is 18.2 Å². The molecule has 0 saturated carbocycles. The molecule has 100 valence electrons. The molecule has 0 aliphatic heterocycles. The topological polar surface area (TPSA) is 61.0 Å². The van der Waals surface area contributed by atoms with Crippen LogP contribution in [0, 0.1) is 0 Å². The van der Waals surface area contributed by atoms with Crippen molar-refractivity contribution in [2.24, 2.45) is 0 Å². The Morgan fingerprint density at radius 3 is 2.47 bits per heavy atom. The van der Waals surface area contributed by atoms with Crippen LogP contribution in [0.5, 0.6) is 5.88 Å². The molecule has 4 nitrogen and oxygen atoms in total.